The van der Waals surface area contributed by atoms with Crippen LogP contribution >= 0.6 is 0 Å². The van der Waals surface area contributed by atoms with Gasteiger partial charge in [-0.25, -0.2) is 0 Å². The van der Waals surface area contributed by atoms with Crippen LogP contribution in [0, 0.1) is 6.92 Å². The van der Waals surface area contributed by atoms with Crippen molar-refractivity contribution in [1.29, 1.82) is 0 Å². The van der Waals surface area contributed by atoms with Crippen LogP contribution in [0.4, 0.5) is 0 Å². The molecule has 1 aliphatic rings. The molecule has 0 bridgehead atoms. The van der Waals surface area contributed by atoms with E-state index < -0.39 is 5.97 Å². The van der Waals surface area contributed by atoms with E-state index in [-0.39, 0.29) is 6.42 Å². The monoisotopic (exact) mass is 207 g/mol. The van der Waals surface area contributed by atoms with E-state index in [1.54, 1.807) is 0 Å². The van der Waals surface area contributed by atoms with Crippen LogP contribution in [-0.2, 0) is 18.3 Å². The standard InChI is InChI=1S/C12H17NO2/c1-8-6-11(9-4-3-5-9)13(2)10(8)7-12(14)15/h6,9H,3-5,7H2,1-2H3,(H,14,15). The van der Waals surface area contributed by atoms with Gasteiger partial charge in [0.15, 0.2) is 0 Å². The van der Waals surface area contributed by atoms with Gasteiger partial charge in [-0.1, -0.05) is 6.42 Å². The van der Waals surface area contributed by atoms with Crippen LogP contribution in [-0.4, -0.2) is 15.6 Å². The molecule has 1 heterocycles. The minimum absolute atomic E-state index is 0.134. The van der Waals surface area contributed by atoms with Gasteiger partial charge in [-0.05, 0) is 37.3 Å². The van der Waals surface area contributed by atoms with Gasteiger partial charge >= 0.3 is 5.97 Å². The molecule has 1 N–H and O–H groups in total. The predicted molar refractivity (Wildman–Crippen MR) is 58.1 cm³/mol. The van der Waals surface area contributed by atoms with Crippen molar-refractivity contribution in [3.05, 3.63) is 23.0 Å². The first-order valence-corrected chi connectivity index (χ1v) is 5.46. The summed E-state index contributed by atoms with van der Waals surface area (Å²) in [4.78, 5) is 10.7. The molecule has 0 aliphatic heterocycles. The fourth-order valence-corrected chi connectivity index (χ4v) is 2.32. The lowest BCUT2D eigenvalue weighted by molar-refractivity contribution is -0.136. The molecule has 0 spiro atoms. The Balaban J connectivity index is 2.30. The number of nitrogens with zero attached hydrogens (tertiary/aromatic N) is 1. The molecule has 3 heteroatoms. The SMILES string of the molecule is Cc1cc(C2CCC2)n(C)c1CC(=O)O. The second-order valence-electron chi connectivity index (χ2n) is 4.46. The summed E-state index contributed by atoms with van der Waals surface area (Å²) in [6, 6.07) is 2.15. The van der Waals surface area contributed by atoms with E-state index in [0.717, 1.165) is 11.3 Å². The second-order valence-corrected chi connectivity index (χ2v) is 4.46. The number of carboxylic acid groups (broad SMARTS) is 1. The Labute approximate surface area is 89.7 Å². The molecule has 3 nitrogen and oxygen atoms in total. The van der Waals surface area contributed by atoms with Gasteiger partial charge in [0.05, 0.1) is 6.42 Å². The summed E-state index contributed by atoms with van der Waals surface area (Å²) in [5.74, 6) is -0.0873. The van der Waals surface area contributed by atoms with E-state index >= 15 is 0 Å². The maximum Gasteiger partial charge on any atom is 0.309 e. The molecule has 2 rings (SSSR count). The Hall–Kier alpha value is -1.25. The summed E-state index contributed by atoms with van der Waals surface area (Å²) < 4.78 is 2.08. The largest absolute Gasteiger partial charge is 0.481 e. The Kier molecular flexibility index (Phi) is 2.55. The zero-order valence-electron chi connectivity index (χ0n) is 9.29. The quantitative estimate of drug-likeness (QED) is 0.825. The molecule has 82 valence electrons. The van der Waals surface area contributed by atoms with Crippen LogP contribution in [0.2, 0.25) is 0 Å². The first kappa shape index (κ1) is 10.3. The summed E-state index contributed by atoms with van der Waals surface area (Å²) in [5.41, 5.74) is 3.38. The third-order valence-electron chi connectivity index (χ3n) is 3.45. The first-order valence-electron chi connectivity index (χ1n) is 5.46. The van der Waals surface area contributed by atoms with E-state index in [1.165, 1.54) is 25.0 Å². The molecule has 1 aromatic heterocycles. The zero-order valence-corrected chi connectivity index (χ0v) is 9.29. The number of aliphatic carboxylic acids is 1. The van der Waals surface area contributed by atoms with E-state index in [4.69, 9.17) is 5.11 Å². The maximum atomic E-state index is 10.7. The van der Waals surface area contributed by atoms with Crippen molar-refractivity contribution < 1.29 is 9.90 Å². The summed E-state index contributed by atoms with van der Waals surface area (Å²) in [5, 5.41) is 8.82. The van der Waals surface area contributed by atoms with Gasteiger partial charge in [0.2, 0.25) is 0 Å². The highest BCUT2D eigenvalue weighted by Gasteiger charge is 2.24. The topological polar surface area (TPSA) is 42.2 Å². The number of rotatable bonds is 3. The van der Waals surface area contributed by atoms with Gasteiger partial charge in [0, 0.05) is 18.4 Å². The molecule has 0 saturated heterocycles. The third kappa shape index (κ3) is 1.78. The Morgan fingerprint density at radius 3 is 2.73 bits per heavy atom. The normalized spacial score (nSPS) is 16.4. The van der Waals surface area contributed by atoms with Crippen LogP contribution in [0.3, 0.4) is 0 Å². The van der Waals surface area contributed by atoms with Crippen LogP contribution < -0.4 is 0 Å². The van der Waals surface area contributed by atoms with Gasteiger partial charge in [0.25, 0.3) is 0 Å². The Bertz CT molecular complexity index is 389. The minimum atomic E-state index is -0.751. The highest BCUT2D eigenvalue weighted by molar-refractivity contribution is 5.70. The fourth-order valence-electron chi connectivity index (χ4n) is 2.32. The van der Waals surface area contributed by atoms with Crippen molar-refractivity contribution in [3.8, 4) is 0 Å². The van der Waals surface area contributed by atoms with Crippen molar-refractivity contribution in [2.24, 2.45) is 7.05 Å². The molecule has 0 radical (unpaired) electrons. The predicted octanol–water partition coefficient (Wildman–Crippen LogP) is 2.23. The van der Waals surface area contributed by atoms with Gasteiger partial charge in [0.1, 0.15) is 0 Å². The average molecular weight is 207 g/mol. The maximum absolute atomic E-state index is 10.7. The highest BCUT2D eigenvalue weighted by atomic mass is 16.4. The smallest absolute Gasteiger partial charge is 0.309 e. The average Bonchev–Trinajstić information content (AvgIpc) is 2.30. The molecule has 1 fully saturated rings. The number of carboxylic acids is 1. The molecular weight excluding hydrogens is 190 g/mol. The van der Waals surface area contributed by atoms with Crippen LogP contribution in [0.15, 0.2) is 6.07 Å². The van der Waals surface area contributed by atoms with Crippen LogP contribution in [0.1, 0.15) is 42.1 Å². The van der Waals surface area contributed by atoms with E-state index in [2.05, 4.69) is 10.6 Å². The highest BCUT2D eigenvalue weighted by Crippen LogP contribution is 2.37. The molecule has 0 aromatic carbocycles. The lowest BCUT2D eigenvalue weighted by Gasteiger charge is -2.26. The molecular formula is C12H17NO2. The summed E-state index contributed by atoms with van der Waals surface area (Å²) in [6.45, 7) is 2.00. The first-order chi connectivity index (χ1) is 7.09. The minimum Gasteiger partial charge on any atom is -0.481 e. The Morgan fingerprint density at radius 2 is 2.27 bits per heavy atom. The second kappa shape index (κ2) is 3.72. The number of aryl methyl sites for hydroxylation is 1. The molecule has 15 heavy (non-hydrogen) atoms. The number of carbonyl (C=O) groups is 1. The number of hydrogen-bond acceptors (Lipinski definition) is 1. The number of aromatic nitrogens is 1. The van der Waals surface area contributed by atoms with Crippen LogP contribution in [0.25, 0.3) is 0 Å². The molecule has 0 amide bonds. The zero-order chi connectivity index (χ0) is 11.0. The third-order valence-corrected chi connectivity index (χ3v) is 3.45. The van der Waals surface area contributed by atoms with Gasteiger partial charge in [-0.15, -0.1) is 0 Å². The van der Waals surface area contributed by atoms with Crippen molar-refractivity contribution in [2.45, 2.75) is 38.5 Å². The Morgan fingerprint density at radius 1 is 1.60 bits per heavy atom. The molecule has 1 saturated carbocycles. The van der Waals surface area contributed by atoms with Crippen molar-refractivity contribution >= 4 is 5.97 Å². The van der Waals surface area contributed by atoms with Gasteiger partial charge in [-0.2, -0.15) is 0 Å². The molecule has 1 aromatic rings. The molecule has 0 unspecified atom stereocenters. The van der Waals surface area contributed by atoms with Crippen molar-refractivity contribution in [2.75, 3.05) is 0 Å². The van der Waals surface area contributed by atoms with Crippen LogP contribution in [0.5, 0.6) is 0 Å². The molecule has 0 atom stereocenters. The summed E-state index contributed by atoms with van der Waals surface area (Å²) in [6.07, 6.45) is 3.95. The fraction of sp³-hybridized carbons (Fsp3) is 0.583. The van der Waals surface area contributed by atoms with E-state index in [0.29, 0.717) is 5.92 Å². The summed E-state index contributed by atoms with van der Waals surface area (Å²) >= 11 is 0. The lowest BCUT2D eigenvalue weighted by atomic mass is 9.83. The summed E-state index contributed by atoms with van der Waals surface area (Å²) in [7, 11) is 1.99. The van der Waals surface area contributed by atoms with E-state index in [9.17, 15) is 4.79 Å². The number of hydrogen-bond donors (Lipinski definition) is 1. The van der Waals surface area contributed by atoms with E-state index in [1.807, 2.05) is 14.0 Å². The van der Waals surface area contributed by atoms with Crippen molar-refractivity contribution in [1.82, 2.24) is 4.57 Å². The van der Waals surface area contributed by atoms with Gasteiger partial charge < -0.3 is 9.67 Å². The van der Waals surface area contributed by atoms with Gasteiger partial charge in [-0.3, -0.25) is 4.79 Å². The lowest BCUT2D eigenvalue weighted by Crippen LogP contribution is -2.14. The molecule has 1 aliphatic carbocycles. The van der Waals surface area contributed by atoms with Crippen molar-refractivity contribution in [3.63, 3.8) is 0 Å².